The van der Waals surface area contributed by atoms with Gasteiger partial charge in [0.1, 0.15) is 5.82 Å². The first-order valence-electron chi connectivity index (χ1n) is 5.82. The maximum Gasteiger partial charge on any atom is 0.200 e. The Morgan fingerprint density at radius 3 is 1.13 bits per heavy atom. The molecule has 0 spiro atoms. The fraction of sp³-hybridized carbons (Fsp3) is 0.0769. The van der Waals surface area contributed by atoms with Crippen LogP contribution in [0.3, 0.4) is 0 Å². The molecule has 0 bridgehead atoms. The summed E-state index contributed by atoms with van der Waals surface area (Å²) in [5.41, 5.74) is -3.37. The highest BCUT2D eigenvalue weighted by Gasteiger charge is 2.30. The largest absolute Gasteiger partial charge is 0.265 e. The van der Waals surface area contributed by atoms with E-state index in [-0.39, 0.29) is 0 Å². The van der Waals surface area contributed by atoms with Gasteiger partial charge in [0.2, 0.25) is 5.82 Å². The van der Waals surface area contributed by atoms with Crippen LogP contribution in [0.2, 0.25) is 5.79 Å². The molecule has 10 heteroatoms. The van der Waals surface area contributed by atoms with Gasteiger partial charge >= 0.3 is 0 Å². The molecule has 0 unspecified atom stereocenters. The van der Waals surface area contributed by atoms with Crippen molar-refractivity contribution in [2.75, 3.05) is 0 Å². The van der Waals surface area contributed by atoms with Gasteiger partial charge in [-0.25, -0.2) is 54.7 Å². The topological polar surface area (TPSA) is 0 Å². The van der Waals surface area contributed by atoms with Crippen LogP contribution in [-0.4, -0.2) is 15.2 Å². The highest BCUT2D eigenvalue weighted by molar-refractivity contribution is 6.54. The third-order valence-electron chi connectivity index (χ3n) is 3.05. The van der Waals surface area contributed by atoms with Gasteiger partial charge in [-0.2, -0.15) is 0 Å². The van der Waals surface area contributed by atoms with Crippen molar-refractivity contribution in [3.8, 4) is 11.1 Å². The van der Waals surface area contributed by atoms with E-state index in [1.165, 1.54) is 5.79 Å². The molecule has 0 atom stereocenters. The molecule has 0 amide bonds. The Labute approximate surface area is 129 Å². The maximum atomic E-state index is 13.9. The predicted octanol–water partition coefficient (Wildman–Crippen LogP) is 3.98. The molecular formula is C13H3AlF9-. The zero-order chi connectivity index (χ0) is 17.6. The quantitative estimate of drug-likeness (QED) is 0.330. The van der Waals surface area contributed by atoms with Gasteiger partial charge in [-0.1, -0.05) is 0 Å². The number of halogens is 9. The SMILES string of the molecule is [CH3][Al-][c]1c(F)c(F)c(F)c(F)c1-c1c(F)c(F)c(F)c(F)c1F. The van der Waals surface area contributed by atoms with E-state index in [2.05, 4.69) is 0 Å². The van der Waals surface area contributed by atoms with Crippen molar-refractivity contribution in [2.45, 2.75) is 5.79 Å². The Kier molecular flexibility index (Phi) is 4.69. The summed E-state index contributed by atoms with van der Waals surface area (Å²) in [4.78, 5) is 0. The average Bonchev–Trinajstić information content (AvgIpc) is 2.54. The number of hydrogen-bond acceptors (Lipinski definition) is 0. The molecule has 23 heavy (non-hydrogen) atoms. The molecule has 0 heterocycles. The lowest BCUT2D eigenvalue weighted by Crippen LogP contribution is -2.25. The van der Waals surface area contributed by atoms with E-state index in [1.54, 1.807) is 0 Å². The van der Waals surface area contributed by atoms with Gasteiger partial charge in [0, 0.05) is 0 Å². The van der Waals surface area contributed by atoms with Gasteiger partial charge in [0.25, 0.3) is 0 Å². The van der Waals surface area contributed by atoms with Crippen LogP contribution >= 0.6 is 0 Å². The van der Waals surface area contributed by atoms with Gasteiger partial charge in [-0.3, -0.25) is 10.2 Å². The zero-order valence-electron chi connectivity index (χ0n) is 11.0. The molecule has 2 radical (unpaired) electrons. The van der Waals surface area contributed by atoms with E-state index in [0.717, 1.165) is 0 Å². The fourth-order valence-corrected chi connectivity index (χ4v) is 2.93. The maximum absolute atomic E-state index is 13.9. The van der Waals surface area contributed by atoms with Crippen molar-refractivity contribution in [3.63, 3.8) is 0 Å². The lowest BCUT2D eigenvalue weighted by molar-refractivity contribution is 0.379. The van der Waals surface area contributed by atoms with E-state index in [0.29, 0.717) is 0 Å². The van der Waals surface area contributed by atoms with Crippen LogP contribution in [0.5, 0.6) is 0 Å². The molecule has 122 valence electrons. The first-order valence-corrected chi connectivity index (χ1v) is 7.55. The third-order valence-corrected chi connectivity index (χ3v) is 4.17. The van der Waals surface area contributed by atoms with Crippen LogP contribution in [0.15, 0.2) is 0 Å². The number of rotatable bonds is 2. The molecule has 0 fully saturated rings. The van der Waals surface area contributed by atoms with Crippen molar-refractivity contribution in [2.24, 2.45) is 0 Å². The summed E-state index contributed by atoms with van der Waals surface area (Å²) in [6.07, 6.45) is 0. The smallest absolute Gasteiger partial charge is 0.200 e. The van der Waals surface area contributed by atoms with E-state index >= 15 is 0 Å². The molecule has 2 aromatic carbocycles. The summed E-state index contributed by atoms with van der Waals surface area (Å²) in [7, 11) is 0. The fourth-order valence-electron chi connectivity index (χ4n) is 1.99. The van der Waals surface area contributed by atoms with E-state index in [1.807, 2.05) is 0 Å². The molecule has 0 aliphatic heterocycles. The van der Waals surface area contributed by atoms with Gasteiger partial charge < -0.3 is 0 Å². The van der Waals surface area contributed by atoms with Crippen molar-refractivity contribution in [1.82, 2.24) is 0 Å². The molecule has 0 N–H and O–H groups in total. The second kappa shape index (κ2) is 6.09. The molecule has 0 saturated heterocycles. The lowest BCUT2D eigenvalue weighted by atomic mass is 10.0. The zero-order valence-corrected chi connectivity index (χ0v) is 12.1. The van der Waals surface area contributed by atoms with Crippen LogP contribution < -0.4 is 4.43 Å². The van der Waals surface area contributed by atoms with E-state index in [4.69, 9.17) is 0 Å². The summed E-state index contributed by atoms with van der Waals surface area (Å²) in [6.45, 7) is 0. The molecule has 0 aliphatic carbocycles. The molecule has 2 rings (SSSR count). The summed E-state index contributed by atoms with van der Waals surface area (Å²) in [5.74, 6) is -20.0. The minimum Gasteiger partial charge on any atom is -0.265 e. The van der Waals surface area contributed by atoms with Crippen molar-refractivity contribution in [1.29, 1.82) is 0 Å². The minimum absolute atomic E-state index is 0.982. The average molecular weight is 357 g/mol. The van der Waals surface area contributed by atoms with Crippen molar-refractivity contribution >= 4 is 19.6 Å². The van der Waals surface area contributed by atoms with Gasteiger partial charge in [0.05, 0.1) is 5.56 Å². The monoisotopic (exact) mass is 357 g/mol. The Morgan fingerprint density at radius 2 is 0.739 bits per heavy atom. The second-order valence-electron chi connectivity index (χ2n) is 4.28. The number of hydrogen-bond donors (Lipinski definition) is 0. The molecule has 0 aromatic heterocycles. The lowest BCUT2D eigenvalue weighted by Gasteiger charge is -2.22. The summed E-state index contributed by atoms with van der Waals surface area (Å²) in [5, 5.41) is 0. The molecule has 0 nitrogen and oxygen atoms in total. The minimum atomic E-state index is -2.52. The second-order valence-corrected chi connectivity index (χ2v) is 5.43. The van der Waals surface area contributed by atoms with E-state index in [9.17, 15) is 39.5 Å². The van der Waals surface area contributed by atoms with Crippen molar-refractivity contribution < 1.29 is 39.5 Å². The summed E-state index contributed by atoms with van der Waals surface area (Å²) >= 11 is -1.40. The Morgan fingerprint density at radius 1 is 0.435 bits per heavy atom. The van der Waals surface area contributed by atoms with Crippen LogP contribution in [0.1, 0.15) is 0 Å². The molecule has 0 saturated carbocycles. The van der Waals surface area contributed by atoms with Gasteiger partial charge in [-0.05, 0) is 5.56 Å². The van der Waals surface area contributed by atoms with Crippen LogP contribution in [0.4, 0.5) is 39.5 Å². The summed E-state index contributed by atoms with van der Waals surface area (Å²) in [6, 6.07) is 0. The first kappa shape index (κ1) is 17.7. The highest BCUT2D eigenvalue weighted by Crippen LogP contribution is 2.34. The molecule has 2 aromatic rings. The molecule has 0 aliphatic rings. The number of benzene rings is 2. The Hall–Kier alpha value is -1.66. The predicted molar refractivity (Wildman–Crippen MR) is 62.8 cm³/mol. The standard InChI is InChI=1S/C12F9.CH3.Al/c13-3-1-2(5(14)9(18)6(3)15)4-7(16)10(19)12(21)11(20)8(4)17;;/h;1H3;/q;;-1. The van der Waals surface area contributed by atoms with Crippen molar-refractivity contribution in [3.05, 3.63) is 52.4 Å². The molecular weight excluding hydrogens is 354 g/mol. The van der Waals surface area contributed by atoms with Gasteiger partial charge in [0.15, 0.2) is 40.7 Å². The third kappa shape index (κ3) is 2.50. The van der Waals surface area contributed by atoms with Gasteiger partial charge in [-0.15, -0.1) is 0 Å². The first-order chi connectivity index (χ1) is 10.6. The van der Waals surface area contributed by atoms with E-state index < -0.39 is 83.1 Å². The Balaban J connectivity index is 3.06. The highest BCUT2D eigenvalue weighted by atomic mass is 27.1. The van der Waals surface area contributed by atoms with Crippen LogP contribution in [0.25, 0.3) is 11.1 Å². The normalized spacial score (nSPS) is 11.2. The Bertz CT molecular complexity index is 787. The van der Waals surface area contributed by atoms with Crippen LogP contribution in [0, 0.1) is 52.4 Å². The summed E-state index contributed by atoms with van der Waals surface area (Å²) < 4.78 is 120. The van der Waals surface area contributed by atoms with Crippen LogP contribution in [-0.2, 0) is 0 Å².